The number of fused-ring (bicyclic) bond motifs is 1. The molecule has 3 rings (SSSR count). The molecular weight excluding hydrogens is 384 g/mol. The first-order chi connectivity index (χ1) is 11.0. The molecule has 0 atom stereocenters. The topological polar surface area (TPSA) is 81.3 Å². The molecule has 0 fully saturated rings. The van der Waals surface area contributed by atoms with Crippen molar-refractivity contribution in [1.29, 1.82) is 0 Å². The summed E-state index contributed by atoms with van der Waals surface area (Å²) in [6.45, 7) is 0. The summed E-state index contributed by atoms with van der Waals surface area (Å²) >= 11 is 4.33. The second kappa shape index (κ2) is 6.13. The van der Waals surface area contributed by atoms with E-state index in [-0.39, 0.29) is 16.5 Å². The third kappa shape index (κ3) is 2.75. The van der Waals surface area contributed by atoms with Crippen LogP contribution >= 0.6 is 27.3 Å². The Bertz CT molecular complexity index is 915. The quantitative estimate of drug-likeness (QED) is 0.541. The summed E-state index contributed by atoms with van der Waals surface area (Å²) in [6, 6.07) is 5.40. The SMILES string of the molecule is COC(=O)c1nc(C(=O)c2c[nH]c3cc(OC)ccc23)sc1Br. The molecule has 0 bridgehead atoms. The molecule has 0 aliphatic carbocycles. The Kier molecular flexibility index (Phi) is 4.18. The Balaban J connectivity index is 2.02. The summed E-state index contributed by atoms with van der Waals surface area (Å²) in [5.41, 5.74) is 1.37. The van der Waals surface area contributed by atoms with Crippen molar-refractivity contribution in [2.24, 2.45) is 0 Å². The number of esters is 1. The number of ether oxygens (including phenoxy) is 2. The highest BCUT2D eigenvalue weighted by atomic mass is 79.9. The smallest absolute Gasteiger partial charge is 0.358 e. The first-order valence-corrected chi connectivity index (χ1v) is 8.10. The van der Waals surface area contributed by atoms with E-state index >= 15 is 0 Å². The molecule has 0 unspecified atom stereocenters. The fraction of sp³-hybridized carbons (Fsp3) is 0.133. The van der Waals surface area contributed by atoms with Crippen LogP contribution in [0.3, 0.4) is 0 Å². The van der Waals surface area contributed by atoms with Gasteiger partial charge in [-0.3, -0.25) is 4.79 Å². The molecule has 1 N–H and O–H groups in total. The summed E-state index contributed by atoms with van der Waals surface area (Å²) < 4.78 is 10.3. The molecule has 3 aromatic rings. The number of methoxy groups -OCH3 is 2. The number of hydrogen-bond acceptors (Lipinski definition) is 6. The van der Waals surface area contributed by atoms with Gasteiger partial charge in [-0.25, -0.2) is 9.78 Å². The molecule has 0 saturated heterocycles. The summed E-state index contributed by atoms with van der Waals surface area (Å²) in [6.07, 6.45) is 1.62. The number of nitrogens with one attached hydrogen (secondary N) is 1. The summed E-state index contributed by atoms with van der Waals surface area (Å²) in [5, 5.41) is 0.982. The van der Waals surface area contributed by atoms with Crippen molar-refractivity contribution in [3.63, 3.8) is 0 Å². The molecule has 118 valence electrons. The molecule has 2 heterocycles. The van der Waals surface area contributed by atoms with Crippen LogP contribution in [-0.4, -0.2) is 35.9 Å². The molecule has 23 heavy (non-hydrogen) atoms. The third-order valence-electron chi connectivity index (χ3n) is 3.29. The van der Waals surface area contributed by atoms with Gasteiger partial charge in [0.15, 0.2) is 10.7 Å². The monoisotopic (exact) mass is 394 g/mol. The maximum atomic E-state index is 12.7. The van der Waals surface area contributed by atoms with Gasteiger partial charge in [-0.2, -0.15) is 0 Å². The molecule has 0 amide bonds. The summed E-state index contributed by atoms with van der Waals surface area (Å²) in [7, 11) is 2.85. The lowest BCUT2D eigenvalue weighted by Crippen LogP contribution is -2.05. The van der Waals surface area contributed by atoms with Gasteiger partial charge in [0.2, 0.25) is 5.78 Å². The van der Waals surface area contributed by atoms with Crippen LogP contribution in [0.15, 0.2) is 28.2 Å². The second-order valence-corrected chi connectivity index (χ2v) is 6.89. The number of hydrogen-bond donors (Lipinski definition) is 1. The van der Waals surface area contributed by atoms with E-state index in [0.29, 0.717) is 15.1 Å². The van der Waals surface area contributed by atoms with Crippen molar-refractivity contribution in [1.82, 2.24) is 9.97 Å². The first kappa shape index (κ1) is 15.7. The lowest BCUT2D eigenvalue weighted by molar-refractivity contribution is 0.0594. The van der Waals surface area contributed by atoms with Crippen LogP contribution < -0.4 is 4.74 Å². The van der Waals surface area contributed by atoms with Crippen LogP contribution in [0.5, 0.6) is 5.75 Å². The van der Waals surface area contributed by atoms with Crippen molar-refractivity contribution < 1.29 is 19.1 Å². The van der Waals surface area contributed by atoms with Gasteiger partial charge < -0.3 is 14.5 Å². The highest BCUT2D eigenvalue weighted by Crippen LogP contribution is 2.30. The van der Waals surface area contributed by atoms with Gasteiger partial charge in [-0.15, -0.1) is 11.3 Å². The Hall–Kier alpha value is -2.19. The van der Waals surface area contributed by atoms with E-state index in [2.05, 4.69) is 30.6 Å². The summed E-state index contributed by atoms with van der Waals surface area (Å²) in [5.74, 6) is -0.151. The number of H-pyrrole nitrogens is 1. The van der Waals surface area contributed by atoms with Crippen molar-refractivity contribution >= 4 is 49.9 Å². The van der Waals surface area contributed by atoms with E-state index in [0.717, 1.165) is 22.2 Å². The zero-order valence-corrected chi connectivity index (χ0v) is 14.6. The Morgan fingerprint density at radius 3 is 2.78 bits per heavy atom. The Morgan fingerprint density at radius 1 is 1.30 bits per heavy atom. The minimum absolute atomic E-state index is 0.0994. The number of carbonyl (C=O) groups is 2. The second-order valence-electron chi connectivity index (χ2n) is 4.58. The highest BCUT2D eigenvalue weighted by molar-refractivity contribution is 9.11. The van der Waals surface area contributed by atoms with E-state index in [1.165, 1.54) is 7.11 Å². The number of nitrogens with zero attached hydrogens (tertiary/aromatic N) is 1. The van der Waals surface area contributed by atoms with Crippen LogP contribution in [0.25, 0.3) is 10.9 Å². The minimum Gasteiger partial charge on any atom is -0.497 e. The van der Waals surface area contributed by atoms with E-state index in [4.69, 9.17) is 4.74 Å². The van der Waals surface area contributed by atoms with Gasteiger partial charge >= 0.3 is 5.97 Å². The van der Waals surface area contributed by atoms with E-state index in [9.17, 15) is 9.59 Å². The van der Waals surface area contributed by atoms with E-state index in [1.54, 1.807) is 19.4 Å². The van der Waals surface area contributed by atoms with Crippen LogP contribution in [0.1, 0.15) is 25.9 Å². The van der Waals surface area contributed by atoms with Crippen molar-refractivity contribution in [2.45, 2.75) is 0 Å². The molecule has 6 nitrogen and oxygen atoms in total. The van der Waals surface area contributed by atoms with E-state index < -0.39 is 5.97 Å². The van der Waals surface area contributed by atoms with Gasteiger partial charge in [0.05, 0.1) is 19.8 Å². The fourth-order valence-corrected chi connectivity index (χ4v) is 3.60. The number of aromatic amines is 1. The normalized spacial score (nSPS) is 10.7. The third-order valence-corrected chi connectivity index (χ3v) is 5.00. The zero-order chi connectivity index (χ0) is 16.6. The maximum Gasteiger partial charge on any atom is 0.358 e. The molecule has 0 spiro atoms. The number of carbonyl (C=O) groups excluding carboxylic acids is 2. The predicted octanol–water partition coefficient (Wildman–Crippen LogP) is 3.41. The summed E-state index contributed by atoms with van der Waals surface area (Å²) in [4.78, 5) is 31.4. The van der Waals surface area contributed by atoms with Crippen molar-refractivity contribution in [3.05, 3.63) is 44.4 Å². The van der Waals surface area contributed by atoms with Crippen LogP contribution in [0.4, 0.5) is 0 Å². The predicted molar refractivity (Wildman–Crippen MR) is 89.4 cm³/mol. The molecule has 0 aliphatic rings. The number of aromatic nitrogens is 2. The Morgan fingerprint density at radius 2 is 2.09 bits per heavy atom. The van der Waals surface area contributed by atoms with Crippen LogP contribution in [0.2, 0.25) is 0 Å². The average Bonchev–Trinajstić information content (AvgIpc) is 3.16. The molecule has 8 heteroatoms. The number of rotatable bonds is 4. The highest BCUT2D eigenvalue weighted by Gasteiger charge is 2.23. The van der Waals surface area contributed by atoms with Crippen LogP contribution in [-0.2, 0) is 4.74 Å². The lowest BCUT2D eigenvalue weighted by Gasteiger charge is -1.99. The molecule has 2 aromatic heterocycles. The minimum atomic E-state index is -0.587. The Labute approximate surface area is 143 Å². The molecule has 0 aliphatic heterocycles. The molecular formula is C15H11BrN2O4S. The van der Waals surface area contributed by atoms with Gasteiger partial charge in [0.25, 0.3) is 0 Å². The standard InChI is InChI=1S/C15H11BrN2O4S/c1-21-7-3-4-8-9(6-17-10(8)5-7)12(19)14-18-11(13(16)23-14)15(20)22-2/h3-6,17H,1-2H3. The molecule has 1 aromatic carbocycles. The molecule has 0 radical (unpaired) electrons. The van der Waals surface area contributed by atoms with Gasteiger partial charge in [-0.05, 0) is 28.1 Å². The average molecular weight is 395 g/mol. The van der Waals surface area contributed by atoms with E-state index in [1.807, 2.05) is 12.1 Å². The number of halogens is 1. The van der Waals surface area contributed by atoms with Gasteiger partial charge in [0.1, 0.15) is 9.54 Å². The van der Waals surface area contributed by atoms with Crippen LogP contribution in [0, 0.1) is 0 Å². The number of thiazole rings is 1. The maximum absolute atomic E-state index is 12.7. The largest absolute Gasteiger partial charge is 0.497 e. The lowest BCUT2D eigenvalue weighted by atomic mass is 10.1. The fourth-order valence-electron chi connectivity index (χ4n) is 2.16. The van der Waals surface area contributed by atoms with Crippen molar-refractivity contribution in [3.8, 4) is 5.75 Å². The zero-order valence-electron chi connectivity index (χ0n) is 12.2. The number of ketones is 1. The molecule has 0 saturated carbocycles. The van der Waals surface area contributed by atoms with Gasteiger partial charge in [-0.1, -0.05) is 0 Å². The number of benzene rings is 1. The van der Waals surface area contributed by atoms with Gasteiger partial charge in [0, 0.05) is 23.2 Å². The first-order valence-electron chi connectivity index (χ1n) is 6.49. The van der Waals surface area contributed by atoms with Crippen molar-refractivity contribution in [2.75, 3.05) is 14.2 Å².